The van der Waals surface area contributed by atoms with E-state index in [0.717, 1.165) is 11.3 Å². The number of hydrogen-bond donors (Lipinski definition) is 2. The van der Waals surface area contributed by atoms with Crippen molar-refractivity contribution in [2.24, 2.45) is 5.92 Å². The van der Waals surface area contributed by atoms with Crippen molar-refractivity contribution in [3.05, 3.63) is 29.8 Å². The minimum absolute atomic E-state index is 0. The zero-order valence-electron chi connectivity index (χ0n) is 11.0. The van der Waals surface area contributed by atoms with Gasteiger partial charge in [0.1, 0.15) is 5.75 Å². The summed E-state index contributed by atoms with van der Waals surface area (Å²) in [5.74, 6) is 0.814. The summed E-state index contributed by atoms with van der Waals surface area (Å²) in [6.07, 6.45) is 0. The molecule has 1 aromatic rings. The van der Waals surface area contributed by atoms with Crippen LogP contribution in [0.15, 0.2) is 24.3 Å². The van der Waals surface area contributed by atoms with E-state index < -0.39 is 0 Å². The number of nitrogens with one attached hydrogen (secondary N) is 2. The molecule has 2 N–H and O–H groups in total. The normalized spacial score (nSPS) is 11.3. The molecule has 0 spiro atoms. The molecule has 0 fully saturated rings. The van der Waals surface area contributed by atoms with Crippen LogP contribution in [0.1, 0.15) is 12.5 Å². The number of hydrogen-bond acceptors (Lipinski definition) is 3. The Kier molecular flexibility index (Phi) is 8.16. The lowest BCUT2D eigenvalue weighted by atomic mass is 10.1. The van der Waals surface area contributed by atoms with Gasteiger partial charge in [0.25, 0.3) is 0 Å². The van der Waals surface area contributed by atoms with Crippen LogP contribution in [0.5, 0.6) is 5.75 Å². The maximum Gasteiger partial charge on any atom is 0.224 e. The summed E-state index contributed by atoms with van der Waals surface area (Å²) in [7, 11) is 3.47. The van der Waals surface area contributed by atoms with E-state index in [1.165, 1.54) is 0 Å². The van der Waals surface area contributed by atoms with Crippen LogP contribution in [-0.2, 0) is 11.3 Å². The Balaban J connectivity index is 0.00000289. The summed E-state index contributed by atoms with van der Waals surface area (Å²) in [4.78, 5) is 11.7. The summed E-state index contributed by atoms with van der Waals surface area (Å²) in [6, 6.07) is 7.68. The van der Waals surface area contributed by atoms with Crippen molar-refractivity contribution in [3.8, 4) is 5.75 Å². The highest BCUT2D eigenvalue weighted by atomic mass is 35.5. The highest BCUT2D eigenvalue weighted by Crippen LogP contribution is 2.16. The molecule has 0 aliphatic rings. The minimum Gasteiger partial charge on any atom is -0.496 e. The van der Waals surface area contributed by atoms with Gasteiger partial charge in [0.2, 0.25) is 5.91 Å². The minimum atomic E-state index is -0.0327. The molecule has 1 aromatic carbocycles. The van der Waals surface area contributed by atoms with Gasteiger partial charge < -0.3 is 15.4 Å². The fourth-order valence-corrected chi connectivity index (χ4v) is 1.60. The van der Waals surface area contributed by atoms with Gasteiger partial charge in [-0.05, 0) is 13.1 Å². The largest absolute Gasteiger partial charge is 0.496 e. The van der Waals surface area contributed by atoms with Crippen LogP contribution in [0.2, 0.25) is 0 Å². The third-order valence-corrected chi connectivity index (χ3v) is 2.60. The van der Waals surface area contributed by atoms with Crippen molar-refractivity contribution in [1.29, 1.82) is 0 Å². The number of benzene rings is 1. The maximum atomic E-state index is 11.7. The second-order valence-electron chi connectivity index (χ2n) is 3.99. The fourth-order valence-electron chi connectivity index (χ4n) is 1.60. The van der Waals surface area contributed by atoms with Gasteiger partial charge in [-0.3, -0.25) is 4.79 Å². The Morgan fingerprint density at radius 2 is 2.06 bits per heavy atom. The van der Waals surface area contributed by atoms with Crippen LogP contribution in [-0.4, -0.2) is 26.6 Å². The lowest BCUT2D eigenvalue weighted by molar-refractivity contribution is -0.124. The van der Waals surface area contributed by atoms with Gasteiger partial charge in [0.05, 0.1) is 7.11 Å². The number of para-hydroxylation sites is 1. The SMILES string of the molecule is CNCC(C)C(=O)NCc1ccccc1OC.Cl. The Bertz CT molecular complexity index is 372. The molecule has 0 aliphatic carbocycles. The summed E-state index contributed by atoms with van der Waals surface area (Å²) < 4.78 is 5.22. The Morgan fingerprint density at radius 1 is 1.39 bits per heavy atom. The first-order valence-corrected chi connectivity index (χ1v) is 5.73. The quantitative estimate of drug-likeness (QED) is 0.827. The molecule has 1 atom stereocenters. The number of amides is 1. The van der Waals surface area contributed by atoms with E-state index in [9.17, 15) is 4.79 Å². The molecule has 0 saturated carbocycles. The van der Waals surface area contributed by atoms with Crippen molar-refractivity contribution in [3.63, 3.8) is 0 Å². The number of carbonyl (C=O) groups excluding carboxylic acids is 1. The molecular formula is C13H21ClN2O2. The fraction of sp³-hybridized carbons (Fsp3) is 0.462. The third kappa shape index (κ3) is 4.94. The number of rotatable bonds is 6. The molecule has 102 valence electrons. The molecule has 5 heteroatoms. The number of carbonyl (C=O) groups is 1. The maximum absolute atomic E-state index is 11.7. The number of halogens is 1. The first-order chi connectivity index (χ1) is 8.19. The third-order valence-electron chi connectivity index (χ3n) is 2.60. The summed E-state index contributed by atoms with van der Waals surface area (Å²) in [5, 5.41) is 5.88. The van der Waals surface area contributed by atoms with E-state index in [1.54, 1.807) is 7.11 Å². The Hall–Kier alpha value is -1.26. The standard InChI is InChI=1S/C13H20N2O2.ClH/c1-10(8-14-2)13(16)15-9-11-6-4-5-7-12(11)17-3;/h4-7,10,14H,8-9H2,1-3H3,(H,15,16);1H. The Labute approximate surface area is 115 Å². The molecule has 1 rings (SSSR count). The average Bonchev–Trinajstić information content (AvgIpc) is 2.36. The van der Waals surface area contributed by atoms with Crippen molar-refractivity contribution in [2.45, 2.75) is 13.5 Å². The highest BCUT2D eigenvalue weighted by molar-refractivity contribution is 5.85. The van der Waals surface area contributed by atoms with Crippen LogP contribution in [0.3, 0.4) is 0 Å². The molecule has 1 amide bonds. The van der Waals surface area contributed by atoms with Crippen molar-refractivity contribution in [2.75, 3.05) is 20.7 Å². The number of methoxy groups -OCH3 is 1. The summed E-state index contributed by atoms with van der Waals surface area (Å²) in [6.45, 7) is 3.07. The van der Waals surface area contributed by atoms with Crippen molar-refractivity contribution >= 4 is 18.3 Å². The van der Waals surface area contributed by atoms with Gasteiger partial charge >= 0.3 is 0 Å². The highest BCUT2D eigenvalue weighted by Gasteiger charge is 2.11. The molecule has 1 unspecified atom stereocenters. The zero-order valence-corrected chi connectivity index (χ0v) is 11.8. The average molecular weight is 273 g/mol. The molecule has 0 saturated heterocycles. The van der Waals surface area contributed by atoms with Gasteiger partial charge in [-0.25, -0.2) is 0 Å². The number of ether oxygens (including phenoxy) is 1. The van der Waals surface area contributed by atoms with Crippen LogP contribution in [0.25, 0.3) is 0 Å². The zero-order chi connectivity index (χ0) is 12.7. The smallest absolute Gasteiger partial charge is 0.224 e. The lowest BCUT2D eigenvalue weighted by Gasteiger charge is -2.13. The molecule has 0 radical (unpaired) electrons. The van der Waals surface area contributed by atoms with Crippen LogP contribution >= 0.6 is 12.4 Å². The van der Waals surface area contributed by atoms with E-state index in [2.05, 4.69) is 10.6 Å². The first kappa shape index (κ1) is 16.7. The predicted octanol–water partition coefficient (Wildman–Crippen LogP) is 1.59. The lowest BCUT2D eigenvalue weighted by Crippen LogP contribution is -2.33. The molecule has 0 aromatic heterocycles. The van der Waals surface area contributed by atoms with Gasteiger partial charge in [0, 0.05) is 24.6 Å². The van der Waals surface area contributed by atoms with E-state index in [4.69, 9.17) is 4.74 Å². The van der Waals surface area contributed by atoms with Crippen molar-refractivity contribution < 1.29 is 9.53 Å². The topological polar surface area (TPSA) is 50.4 Å². The van der Waals surface area contributed by atoms with E-state index >= 15 is 0 Å². The van der Waals surface area contributed by atoms with Gasteiger partial charge in [-0.2, -0.15) is 0 Å². The molecule has 0 aliphatic heterocycles. The van der Waals surface area contributed by atoms with Gasteiger partial charge in [-0.15, -0.1) is 12.4 Å². The molecule has 4 nitrogen and oxygen atoms in total. The first-order valence-electron chi connectivity index (χ1n) is 5.73. The second-order valence-corrected chi connectivity index (χ2v) is 3.99. The predicted molar refractivity (Wildman–Crippen MR) is 75.2 cm³/mol. The molecule has 18 heavy (non-hydrogen) atoms. The summed E-state index contributed by atoms with van der Waals surface area (Å²) >= 11 is 0. The van der Waals surface area contributed by atoms with Gasteiger partial charge in [0.15, 0.2) is 0 Å². The summed E-state index contributed by atoms with van der Waals surface area (Å²) in [5.41, 5.74) is 0.986. The van der Waals surface area contributed by atoms with Crippen LogP contribution < -0.4 is 15.4 Å². The second kappa shape index (κ2) is 8.78. The van der Waals surface area contributed by atoms with Crippen LogP contribution in [0, 0.1) is 5.92 Å². The van der Waals surface area contributed by atoms with E-state index in [1.807, 2.05) is 38.2 Å². The van der Waals surface area contributed by atoms with E-state index in [0.29, 0.717) is 13.1 Å². The molecule has 0 heterocycles. The van der Waals surface area contributed by atoms with E-state index in [-0.39, 0.29) is 24.2 Å². The van der Waals surface area contributed by atoms with Gasteiger partial charge in [-0.1, -0.05) is 25.1 Å². The van der Waals surface area contributed by atoms with Crippen molar-refractivity contribution in [1.82, 2.24) is 10.6 Å². The molecular weight excluding hydrogens is 252 g/mol. The monoisotopic (exact) mass is 272 g/mol. The molecule has 0 bridgehead atoms. The van der Waals surface area contributed by atoms with Crippen LogP contribution in [0.4, 0.5) is 0 Å². The Morgan fingerprint density at radius 3 is 2.67 bits per heavy atom.